The highest BCUT2D eigenvalue weighted by Crippen LogP contribution is 2.37. The van der Waals surface area contributed by atoms with Gasteiger partial charge < -0.3 is 5.11 Å². The average molecular weight is 317 g/mol. The summed E-state index contributed by atoms with van der Waals surface area (Å²) in [6.07, 6.45) is -0.0703. The number of hydrogen-bond donors (Lipinski definition) is 1. The first-order valence-corrected chi connectivity index (χ1v) is 7.02. The number of ketones is 1. The Morgan fingerprint density at radius 2 is 1.79 bits per heavy atom. The third-order valence-corrected chi connectivity index (χ3v) is 4.19. The van der Waals surface area contributed by atoms with E-state index in [1.807, 2.05) is 36.4 Å². The summed E-state index contributed by atoms with van der Waals surface area (Å²) in [5, 5.41) is 10.3. The van der Waals surface area contributed by atoms with Crippen LogP contribution in [0.1, 0.15) is 27.6 Å². The predicted molar refractivity (Wildman–Crippen MR) is 77.1 cm³/mol. The molecule has 0 amide bonds. The highest BCUT2D eigenvalue weighted by atomic mass is 79.9. The van der Waals surface area contributed by atoms with Crippen LogP contribution in [0.4, 0.5) is 0 Å². The molecule has 1 aliphatic rings. The Morgan fingerprint density at radius 1 is 1.11 bits per heavy atom. The zero-order valence-electron chi connectivity index (χ0n) is 10.2. The van der Waals surface area contributed by atoms with E-state index in [4.69, 9.17) is 0 Å². The maximum absolute atomic E-state index is 12.5. The second kappa shape index (κ2) is 4.91. The lowest BCUT2D eigenvalue weighted by Crippen LogP contribution is -2.19. The summed E-state index contributed by atoms with van der Waals surface area (Å²) in [7, 11) is 0. The van der Waals surface area contributed by atoms with Crippen molar-refractivity contribution in [3.8, 4) is 0 Å². The summed E-state index contributed by atoms with van der Waals surface area (Å²) in [6.45, 7) is 0. The summed E-state index contributed by atoms with van der Waals surface area (Å²) in [5.41, 5.74) is 2.61. The molecule has 0 saturated heterocycles. The van der Waals surface area contributed by atoms with Crippen LogP contribution in [0.2, 0.25) is 0 Å². The molecule has 1 aliphatic carbocycles. The van der Waals surface area contributed by atoms with E-state index in [1.165, 1.54) is 0 Å². The Balaban J connectivity index is 1.89. The molecule has 0 unspecified atom stereocenters. The van der Waals surface area contributed by atoms with E-state index < -0.39 is 6.10 Å². The van der Waals surface area contributed by atoms with Gasteiger partial charge in [-0.3, -0.25) is 4.79 Å². The van der Waals surface area contributed by atoms with Crippen LogP contribution in [0.25, 0.3) is 0 Å². The van der Waals surface area contributed by atoms with Crippen molar-refractivity contribution in [2.24, 2.45) is 5.92 Å². The van der Waals surface area contributed by atoms with E-state index in [9.17, 15) is 9.90 Å². The van der Waals surface area contributed by atoms with Gasteiger partial charge in [-0.1, -0.05) is 52.3 Å². The van der Waals surface area contributed by atoms with Crippen molar-refractivity contribution in [2.75, 3.05) is 0 Å². The smallest absolute Gasteiger partial charge is 0.169 e. The second-order valence-corrected chi connectivity index (χ2v) is 5.74. The fourth-order valence-electron chi connectivity index (χ4n) is 2.64. The minimum absolute atomic E-state index is 0.0104. The summed E-state index contributed by atoms with van der Waals surface area (Å²) in [5.74, 6) is -0.352. The first kappa shape index (κ1) is 12.6. The largest absolute Gasteiger partial charge is 0.388 e. The van der Waals surface area contributed by atoms with Crippen LogP contribution in [-0.2, 0) is 6.42 Å². The molecule has 96 valence electrons. The van der Waals surface area contributed by atoms with Gasteiger partial charge in [0.1, 0.15) is 0 Å². The Kier molecular flexibility index (Phi) is 3.25. The zero-order valence-corrected chi connectivity index (χ0v) is 11.8. The Labute approximate surface area is 120 Å². The highest BCUT2D eigenvalue weighted by Gasteiger charge is 2.35. The monoisotopic (exact) mass is 316 g/mol. The van der Waals surface area contributed by atoms with Gasteiger partial charge in [0.15, 0.2) is 5.78 Å². The number of carbonyl (C=O) groups is 1. The fourth-order valence-corrected chi connectivity index (χ4v) is 2.90. The average Bonchev–Trinajstić information content (AvgIpc) is 2.77. The van der Waals surface area contributed by atoms with E-state index in [-0.39, 0.29) is 11.7 Å². The van der Waals surface area contributed by atoms with Crippen LogP contribution < -0.4 is 0 Å². The molecule has 3 heteroatoms. The number of benzene rings is 2. The number of Topliss-reactive ketones (excluding diaryl/α,β-unsaturated/α-hetero) is 1. The SMILES string of the molecule is O=C(c1ccc(Br)cc1)[C@@H]1Cc2ccccc2[C@@H]1O. The molecule has 0 heterocycles. The molecule has 0 spiro atoms. The molecular weight excluding hydrogens is 304 g/mol. The minimum atomic E-state index is -0.688. The van der Waals surface area contributed by atoms with Crippen LogP contribution in [0, 0.1) is 5.92 Å². The van der Waals surface area contributed by atoms with Gasteiger partial charge in [-0.15, -0.1) is 0 Å². The lowest BCUT2D eigenvalue weighted by Gasteiger charge is -2.13. The molecule has 0 aromatic heterocycles. The normalized spacial score (nSPS) is 21.2. The van der Waals surface area contributed by atoms with Crippen molar-refractivity contribution < 1.29 is 9.90 Å². The van der Waals surface area contributed by atoms with E-state index in [2.05, 4.69) is 15.9 Å². The van der Waals surface area contributed by atoms with Crippen molar-refractivity contribution in [1.82, 2.24) is 0 Å². The third-order valence-electron chi connectivity index (χ3n) is 3.66. The number of fused-ring (bicyclic) bond motifs is 1. The molecular formula is C16H13BrO2. The number of carbonyl (C=O) groups excluding carboxylic acids is 1. The van der Waals surface area contributed by atoms with Crippen LogP contribution in [-0.4, -0.2) is 10.9 Å². The van der Waals surface area contributed by atoms with E-state index in [1.54, 1.807) is 12.1 Å². The van der Waals surface area contributed by atoms with Gasteiger partial charge in [0.2, 0.25) is 0 Å². The molecule has 0 saturated carbocycles. The van der Waals surface area contributed by atoms with Crippen LogP contribution >= 0.6 is 15.9 Å². The number of aliphatic hydroxyl groups is 1. The highest BCUT2D eigenvalue weighted by molar-refractivity contribution is 9.10. The van der Waals surface area contributed by atoms with Crippen molar-refractivity contribution >= 4 is 21.7 Å². The summed E-state index contributed by atoms with van der Waals surface area (Å²) in [6, 6.07) is 15.0. The molecule has 0 fully saturated rings. The number of hydrogen-bond acceptors (Lipinski definition) is 2. The first-order valence-electron chi connectivity index (χ1n) is 6.22. The summed E-state index contributed by atoms with van der Waals surface area (Å²) < 4.78 is 0.944. The molecule has 2 aromatic rings. The molecule has 2 aromatic carbocycles. The molecule has 19 heavy (non-hydrogen) atoms. The molecule has 0 aliphatic heterocycles. The molecule has 2 atom stereocenters. The van der Waals surface area contributed by atoms with Crippen molar-refractivity contribution in [3.63, 3.8) is 0 Å². The topological polar surface area (TPSA) is 37.3 Å². The second-order valence-electron chi connectivity index (χ2n) is 4.83. The van der Waals surface area contributed by atoms with Crippen molar-refractivity contribution in [1.29, 1.82) is 0 Å². The van der Waals surface area contributed by atoms with Gasteiger partial charge in [-0.05, 0) is 29.7 Å². The quantitative estimate of drug-likeness (QED) is 0.860. The van der Waals surface area contributed by atoms with Gasteiger partial charge in [0.25, 0.3) is 0 Å². The maximum atomic E-state index is 12.5. The third kappa shape index (κ3) is 2.24. The molecule has 1 N–H and O–H groups in total. The number of rotatable bonds is 2. The van der Waals surface area contributed by atoms with Crippen LogP contribution in [0.5, 0.6) is 0 Å². The molecule has 0 bridgehead atoms. The molecule has 2 nitrogen and oxygen atoms in total. The fraction of sp³-hybridized carbons (Fsp3) is 0.188. The lowest BCUT2D eigenvalue weighted by molar-refractivity contribution is 0.0725. The zero-order chi connectivity index (χ0) is 13.4. The van der Waals surface area contributed by atoms with Crippen LogP contribution in [0.3, 0.4) is 0 Å². The predicted octanol–water partition coefficient (Wildman–Crippen LogP) is 3.54. The maximum Gasteiger partial charge on any atom is 0.169 e. The van der Waals surface area contributed by atoms with Gasteiger partial charge in [0, 0.05) is 10.0 Å². The van der Waals surface area contributed by atoms with Gasteiger partial charge in [0.05, 0.1) is 12.0 Å². The van der Waals surface area contributed by atoms with Crippen LogP contribution in [0.15, 0.2) is 53.0 Å². The Bertz CT molecular complexity index is 619. The van der Waals surface area contributed by atoms with E-state index >= 15 is 0 Å². The Morgan fingerprint density at radius 3 is 2.47 bits per heavy atom. The van der Waals surface area contributed by atoms with E-state index in [0.29, 0.717) is 12.0 Å². The van der Waals surface area contributed by atoms with Gasteiger partial charge >= 0.3 is 0 Å². The molecule has 0 radical (unpaired) electrons. The Hall–Kier alpha value is -1.45. The first-order chi connectivity index (χ1) is 9.16. The van der Waals surface area contributed by atoms with Crippen molar-refractivity contribution in [3.05, 3.63) is 69.7 Å². The standard InChI is InChI=1S/C16H13BrO2/c17-12-7-5-10(6-8-12)15(18)14-9-11-3-1-2-4-13(11)16(14)19/h1-8,14,16,19H,9H2/t14-,16-/m0/s1. The molecule has 3 rings (SSSR count). The van der Waals surface area contributed by atoms with Gasteiger partial charge in [-0.2, -0.15) is 0 Å². The summed E-state index contributed by atoms with van der Waals surface area (Å²) in [4.78, 5) is 12.5. The number of halogens is 1. The lowest BCUT2D eigenvalue weighted by atomic mass is 9.93. The van der Waals surface area contributed by atoms with Gasteiger partial charge in [-0.25, -0.2) is 0 Å². The van der Waals surface area contributed by atoms with Crippen molar-refractivity contribution in [2.45, 2.75) is 12.5 Å². The number of aliphatic hydroxyl groups excluding tert-OH is 1. The van der Waals surface area contributed by atoms with E-state index in [0.717, 1.165) is 15.6 Å². The summed E-state index contributed by atoms with van der Waals surface area (Å²) >= 11 is 3.35. The minimum Gasteiger partial charge on any atom is -0.388 e.